The highest BCUT2D eigenvalue weighted by atomic mass is 32.1. The van der Waals surface area contributed by atoms with Crippen molar-refractivity contribution < 1.29 is 48.3 Å². The van der Waals surface area contributed by atoms with Crippen molar-refractivity contribution in [1.29, 1.82) is 0 Å². The first-order chi connectivity index (χ1) is 27.7. The number of cyclic esters (lactones) is 1. The zero-order chi connectivity index (χ0) is 43.6. The number of thiophene rings is 1. The summed E-state index contributed by atoms with van der Waals surface area (Å²) < 4.78 is 32.7. The lowest BCUT2D eigenvalue weighted by molar-refractivity contribution is -0.296. The molecule has 1 amide bonds. The number of hydrogen-bond acceptors (Lipinski definition) is 16. The highest BCUT2D eigenvalue weighted by molar-refractivity contribution is 7.15. The molecule has 13 atom stereocenters. The van der Waals surface area contributed by atoms with Gasteiger partial charge in [-0.25, -0.2) is 4.99 Å². The predicted molar refractivity (Wildman–Crippen MR) is 220 cm³/mol. The lowest BCUT2D eigenvalue weighted by atomic mass is 9.73. The van der Waals surface area contributed by atoms with Crippen molar-refractivity contribution in [1.82, 2.24) is 25.1 Å². The third-order valence-corrected chi connectivity index (χ3v) is 13.0. The molecule has 0 spiro atoms. The lowest BCUT2D eigenvalue weighted by Crippen LogP contribution is -2.60. The predicted octanol–water partition coefficient (Wildman–Crippen LogP) is 3.44. The summed E-state index contributed by atoms with van der Waals surface area (Å²) in [5, 5.41) is 36.5. The van der Waals surface area contributed by atoms with Crippen LogP contribution in [0, 0.1) is 23.7 Å². The van der Waals surface area contributed by atoms with Crippen LogP contribution >= 0.6 is 11.3 Å². The van der Waals surface area contributed by atoms with Gasteiger partial charge in [-0.15, -0.1) is 21.5 Å². The molecular weight excluding hydrogens is 783 g/mol. The quantitative estimate of drug-likeness (QED) is 0.302. The molecule has 3 aliphatic rings. The first-order valence-corrected chi connectivity index (χ1v) is 21.3. The standard InChI is InChI=1S/C41H63N7O10S/c1-13-31-41(9,53)36-23(4)32(43-26(7)49)21(2)17-40(8,55-20-27(19-54-36)42-18-28-14-15-30(59-28)37-44-46-48(12)45-37)35(24(5)33(50)25(6)38(52)57-31)58-39-34(51)29(47(10)11)16-22(3)56-39/h14-15,21-25,29,31,34-36,39,51,53H,13,16-20H2,1-12H3/t21-,22-,23+,24+,25-,29+,31-,34-,35-,36+,39+,40-,41-/m1/s1. The molecule has 0 saturated carbocycles. The molecule has 5 heterocycles. The third kappa shape index (κ3) is 10.6. The summed E-state index contributed by atoms with van der Waals surface area (Å²) in [4.78, 5) is 55.8. The Labute approximate surface area is 350 Å². The molecule has 18 heteroatoms. The van der Waals surface area contributed by atoms with Crippen molar-refractivity contribution in [2.75, 3.05) is 27.3 Å². The van der Waals surface area contributed by atoms with Gasteiger partial charge in [0.15, 0.2) is 12.1 Å². The van der Waals surface area contributed by atoms with E-state index in [1.54, 1.807) is 27.8 Å². The minimum absolute atomic E-state index is 0.0800. The van der Waals surface area contributed by atoms with Gasteiger partial charge in [0.2, 0.25) is 11.7 Å². The van der Waals surface area contributed by atoms with E-state index < -0.39 is 83.2 Å². The van der Waals surface area contributed by atoms with Crippen molar-refractivity contribution in [3.63, 3.8) is 0 Å². The van der Waals surface area contributed by atoms with Gasteiger partial charge in [0, 0.05) is 35.4 Å². The number of aliphatic imine (C=N–C) groups is 2. The number of rotatable bonds is 7. The van der Waals surface area contributed by atoms with Gasteiger partial charge in [-0.1, -0.05) is 27.7 Å². The van der Waals surface area contributed by atoms with Crippen molar-refractivity contribution in [3.05, 3.63) is 17.0 Å². The fourth-order valence-electron chi connectivity index (χ4n) is 8.80. The minimum Gasteiger partial charge on any atom is -0.459 e. The van der Waals surface area contributed by atoms with Gasteiger partial charge in [-0.05, 0) is 84.3 Å². The molecule has 2 N–H and O–H groups in total. The molecule has 2 aromatic heterocycles. The largest absolute Gasteiger partial charge is 0.459 e. The molecule has 0 radical (unpaired) electrons. The summed E-state index contributed by atoms with van der Waals surface area (Å²) in [7, 11) is 5.44. The van der Waals surface area contributed by atoms with Gasteiger partial charge in [-0.3, -0.25) is 19.4 Å². The number of tetrazole rings is 1. The number of carbonyl (C=O) groups is 3. The van der Waals surface area contributed by atoms with E-state index in [4.69, 9.17) is 28.7 Å². The Morgan fingerprint density at radius 1 is 1.12 bits per heavy atom. The van der Waals surface area contributed by atoms with Crippen LogP contribution in [0.3, 0.4) is 0 Å². The molecule has 2 bridgehead atoms. The Hall–Kier alpha value is -3.36. The van der Waals surface area contributed by atoms with Crippen LogP contribution in [0.4, 0.5) is 0 Å². The number of aromatic nitrogens is 4. The maximum Gasteiger partial charge on any atom is 0.316 e. The number of aliphatic hydroxyl groups excluding tert-OH is 1. The third-order valence-electron chi connectivity index (χ3n) is 12.0. The molecule has 2 aromatic rings. The number of Topliss-reactive ketones (excluding diaryl/α,β-unsaturated/α-hetero) is 1. The van der Waals surface area contributed by atoms with E-state index in [0.29, 0.717) is 23.7 Å². The molecule has 5 rings (SSSR count). The number of nitrogens with zero attached hydrogens (tertiary/aromatic N) is 7. The molecule has 59 heavy (non-hydrogen) atoms. The summed E-state index contributed by atoms with van der Waals surface area (Å²) in [5.74, 6) is -4.70. The van der Waals surface area contributed by atoms with Gasteiger partial charge in [0.25, 0.3) is 0 Å². The van der Waals surface area contributed by atoms with E-state index in [9.17, 15) is 24.6 Å². The molecule has 328 valence electrons. The number of ketones is 1. The number of amides is 1. The fraction of sp³-hybridized carbons (Fsp3) is 0.756. The van der Waals surface area contributed by atoms with Crippen LogP contribution in [-0.4, -0.2) is 146 Å². The number of carbonyl (C=O) groups excluding carboxylic acids is 3. The Morgan fingerprint density at radius 3 is 2.46 bits per heavy atom. The van der Waals surface area contributed by atoms with Crippen LogP contribution < -0.4 is 0 Å². The molecule has 3 saturated heterocycles. The monoisotopic (exact) mass is 845 g/mol. The number of aryl methyl sites for hydroxylation is 1. The average Bonchev–Trinajstić information content (AvgIpc) is 3.83. The summed E-state index contributed by atoms with van der Waals surface area (Å²) in [6.45, 7) is 15.3. The van der Waals surface area contributed by atoms with Crippen molar-refractivity contribution in [2.45, 2.75) is 142 Å². The van der Waals surface area contributed by atoms with E-state index in [0.717, 1.165) is 9.75 Å². The van der Waals surface area contributed by atoms with Crippen LogP contribution in [-0.2, 0) is 51.7 Å². The fourth-order valence-corrected chi connectivity index (χ4v) is 9.66. The van der Waals surface area contributed by atoms with Crippen LogP contribution in [0.15, 0.2) is 22.1 Å². The molecule has 0 aromatic carbocycles. The topological polar surface area (TPSA) is 209 Å². The minimum atomic E-state index is -1.82. The van der Waals surface area contributed by atoms with E-state index in [1.165, 1.54) is 30.0 Å². The van der Waals surface area contributed by atoms with Crippen molar-refractivity contribution in [2.24, 2.45) is 40.7 Å². The molecule has 0 aliphatic carbocycles. The number of aliphatic hydroxyl groups is 2. The van der Waals surface area contributed by atoms with Crippen molar-refractivity contribution in [3.8, 4) is 10.7 Å². The molecule has 3 aliphatic heterocycles. The second kappa shape index (κ2) is 19.1. The zero-order valence-corrected chi connectivity index (χ0v) is 37.3. The van der Waals surface area contributed by atoms with Crippen LogP contribution in [0.1, 0.15) is 86.5 Å². The summed E-state index contributed by atoms with van der Waals surface area (Å²) in [6.07, 6.45) is -4.94. The van der Waals surface area contributed by atoms with Crippen LogP contribution in [0.5, 0.6) is 0 Å². The van der Waals surface area contributed by atoms with E-state index in [1.807, 2.05) is 58.8 Å². The normalized spacial score (nSPS) is 38.2. The van der Waals surface area contributed by atoms with Crippen LogP contribution in [0.2, 0.25) is 0 Å². The van der Waals surface area contributed by atoms with E-state index in [-0.39, 0.29) is 44.7 Å². The number of hydrogen-bond donors (Lipinski definition) is 2. The average molecular weight is 846 g/mol. The van der Waals surface area contributed by atoms with E-state index >= 15 is 0 Å². The lowest BCUT2D eigenvalue weighted by Gasteiger charge is -2.47. The first-order valence-electron chi connectivity index (χ1n) is 20.5. The number of fused-ring (bicyclic) bond motifs is 5. The van der Waals surface area contributed by atoms with Gasteiger partial charge in [0.1, 0.15) is 23.7 Å². The Bertz CT molecular complexity index is 1860. The van der Waals surface area contributed by atoms with Crippen molar-refractivity contribution >= 4 is 40.4 Å². The Morgan fingerprint density at radius 2 is 1.83 bits per heavy atom. The highest BCUT2D eigenvalue weighted by Crippen LogP contribution is 2.40. The molecule has 3 fully saturated rings. The summed E-state index contributed by atoms with van der Waals surface area (Å²) in [6, 6.07) is 3.53. The highest BCUT2D eigenvalue weighted by Gasteiger charge is 2.53. The zero-order valence-electron chi connectivity index (χ0n) is 36.4. The number of esters is 1. The number of likely N-dealkylation sites (N-methyl/N-ethyl adjacent to an activating group) is 1. The summed E-state index contributed by atoms with van der Waals surface area (Å²) in [5.41, 5.74) is -2.27. The van der Waals surface area contributed by atoms with E-state index in [2.05, 4.69) is 20.4 Å². The Balaban J connectivity index is 1.68. The SMILES string of the molecule is CC[C@H]1OC(=O)[C@H](C)C(=O)[C@H](C)[C@@H](O[C@@H]2O[C@H](C)C[C@H](N(C)C)[C@H]2O)[C@@]2(C)C[C@@H](C)C(=NC(C)=O)[C@H](C)[C@H](OCC(=NCc3ccc(-c4nnn(C)n4)s3)CO2)[C@]1(C)O. The molecule has 17 nitrogen and oxygen atoms in total. The Kier molecular flexibility index (Phi) is 15.1. The van der Waals surface area contributed by atoms with Crippen LogP contribution in [0.25, 0.3) is 10.7 Å². The maximum atomic E-state index is 14.5. The van der Waals surface area contributed by atoms with Gasteiger partial charge >= 0.3 is 5.97 Å². The number of ether oxygens (including phenoxy) is 5. The second-order valence-corrected chi connectivity index (χ2v) is 18.3. The molecular formula is C41H63N7O10S. The summed E-state index contributed by atoms with van der Waals surface area (Å²) >= 11 is 1.47. The van der Waals surface area contributed by atoms with Gasteiger partial charge in [0.05, 0.1) is 61.3 Å². The second-order valence-electron chi connectivity index (χ2n) is 17.1. The maximum absolute atomic E-state index is 14.5. The smallest absolute Gasteiger partial charge is 0.316 e. The van der Waals surface area contributed by atoms with Gasteiger partial charge < -0.3 is 38.8 Å². The van der Waals surface area contributed by atoms with Gasteiger partial charge in [-0.2, -0.15) is 4.80 Å². The molecule has 0 unspecified atom stereocenters. The first kappa shape index (κ1) is 46.7.